The van der Waals surface area contributed by atoms with E-state index in [0.29, 0.717) is 24.3 Å². The Balaban J connectivity index is 1.96. The van der Waals surface area contributed by atoms with Crippen molar-refractivity contribution in [3.05, 3.63) is 40.6 Å². The standard InChI is InChI=1S/C16H17N3O4/c1-16(7-3-9-23-10-16)15(20)18-12-5-6-13(19(21)22)14-11(12)4-2-8-17-14/h2,4-6,8H,3,7,9-10H2,1H3,(H,18,20). The van der Waals surface area contributed by atoms with Gasteiger partial charge in [0.25, 0.3) is 5.69 Å². The van der Waals surface area contributed by atoms with E-state index in [9.17, 15) is 14.9 Å². The smallest absolute Gasteiger partial charge is 0.295 e. The van der Waals surface area contributed by atoms with E-state index in [0.717, 1.165) is 12.8 Å². The van der Waals surface area contributed by atoms with Gasteiger partial charge in [-0.15, -0.1) is 0 Å². The third-order valence-electron chi connectivity index (χ3n) is 4.18. The molecule has 1 N–H and O–H groups in total. The third-order valence-corrected chi connectivity index (χ3v) is 4.18. The summed E-state index contributed by atoms with van der Waals surface area (Å²) in [6.07, 6.45) is 3.09. The highest BCUT2D eigenvalue weighted by molar-refractivity contribution is 6.05. The van der Waals surface area contributed by atoms with Gasteiger partial charge in [0.15, 0.2) is 0 Å². The van der Waals surface area contributed by atoms with Gasteiger partial charge in [-0.1, -0.05) is 0 Å². The predicted octanol–water partition coefficient (Wildman–Crippen LogP) is 2.90. The summed E-state index contributed by atoms with van der Waals surface area (Å²) in [7, 11) is 0. The molecular formula is C16H17N3O4. The van der Waals surface area contributed by atoms with Crippen molar-refractivity contribution < 1.29 is 14.5 Å². The van der Waals surface area contributed by atoms with Gasteiger partial charge in [0.2, 0.25) is 5.91 Å². The maximum Gasteiger partial charge on any atom is 0.295 e. The number of non-ortho nitro benzene ring substituents is 1. The van der Waals surface area contributed by atoms with Crippen molar-refractivity contribution in [3.63, 3.8) is 0 Å². The predicted molar refractivity (Wildman–Crippen MR) is 85.2 cm³/mol. The van der Waals surface area contributed by atoms with Gasteiger partial charge in [-0.3, -0.25) is 14.9 Å². The lowest BCUT2D eigenvalue weighted by Gasteiger charge is -2.32. The molecule has 1 fully saturated rings. The summed E-state index contributed by atoms with van der Waals surface area (Å²) in [5.74, 6) is -0.142. The van der Waals surface area contributed by atoms with Gasteiger partial charge in [0, 0.05) is 24.3 Å². The fourth-order valence-corrected chi connectivity index (χ4v) is 2.80. The van der Waals surface area contributed by atoms with E-state index in [1.165, 1.54) is 12.3 Å². The number of rotatable bonds is 3. The van der Waals surface area contributed by atoms with E-state index >= 15 is 0 Å². The summed E-state index contributed by atoms with van der Waals surface area (Å²) in [5, 5.41) is 14.5. The van der Waals surface area contributed by atoms with Crippen LogP contribution in [0.3, 0.4) is 0 Å². The minimum absolute atomic E-state index is 0.0780. The Hall–Kier alpha value is -2.54. The fraction of sp³-hybridized carbons (Fsp3) is 0.375. The van der Waals surface area contributed by atoms with Crippen molar-refractivity contribution >= 4 is 28.2 Å². The number of ether oxygens (including phenoxy) is 1. The first-order valence-corrected chi connectivity index (χ1v) is 7.43. The molecule has 0 saturated carbocycles. The Morgan fingerprint density at radius 1 is 1.43 bits per heavy atom. The Kier molecular flexibility index (Phi) is 3.96. The van der Waals surface area contributed by atoms with Crippen LogP contribution in [0.4, 0.5) is 11.4 Å². The first kappa shape index (κ1) is 15.4. The molecule has 2 aromatic rings. The van der Waals surface area contributed by atoms with Crippen molar-refractivity contribution in [2.75, 3.05) is 18.5 Å². The number of nitrogens with one attached hydrogen (secondary N) is 1. The van der Waals surface area contributed by atoms with Crippen LogP contribution in [-0.2, 0) is 9.53 Å². The normalized spacial score (nSPS) is 21.1. The lowest BCUT2D eigenvalue weighted by Crippen LogP contribution is -2.40. The molecule has 7 nitrogen and oxygen atoms in total. The lowest BCUT2D eigenvalue weighted by molar-refractivity contribution is -0.383. The molecule has 7 heteroatoms. The molecule has 1 atom stereocenters. The largest absolute Gasteiger partial charge is 0.380 e. The molecule has 1 aliphatic rings. The van der Waals surface area contributed by atoms with Gasteiger partial charge >= 0.3 is 0 Å². The van der Waals surface area contributed by atoms with Gasteiger partial charge in [0.05, 0.1) is 22.6 Å². The summed E-state index contributed by atoms with van der Waals surface area (Å²) in [6.45, 7) is 2.92. The van der Waals surface area contributed by atoms with Crippen LogP contribution in [0, 0.1) is 15.5 Å². The van der Waals surface area contributed by atoms with Crippen LogP contribution in [0.2, 0.25) is 0 Å². The van der Waals surface area contributed by atoms with Gasteiger partial charge in [-0.2, -0.15) is 0 Å². The topological polar surface area (TPSA) is 94.4 Å². The highest BCUT2D eigenvalue weighted by Gasteiger charge is 2.35. The van der Waals surface area contributed by atoms with Crippen LogP contribution in [-0.4, -0.2) is 29.0 Å². The monoisotopic (exact) mass is 315 g/mol. The minimum Gasteiger partial charge on any atom is -0.380 e. The maximum atomic E-state index is 12.6. The Morgan fingerprint density at radius 2 is 2.26 bits per heavy atom. The van der Waals surface area contributed by atoms with E-state index in [2.05, 4.69) is 10.3 Å². The molecule has 0 aliphatic carbocycles. The molecule has 3 rings (SSSR count). The second kappa shape index (κ2) is 5.92. The zero-order chi connectivity index (χ0) is 16.4. The maximum absolute atomic E-state index is 12.6. The number of anilines is 1. The zero-order valence-corrected chi connectivity index (χ0v) is 12.7. The highest BCUT2D eigenvalue weighted by Crippen LogP contribution is 2.33. The molecule has 1 amide bonds. The number of fused-ring (bicyclic) bond motifs is 1. The van der Waals surface area contributed by atoms with E-state index in [-0.39, 0.29) is 17.1 Å². The summed E-state index contributed by atoms with van der Waals surface area (Å²) in [6, 6.07) is 6.32. The first-order valence-electron chi connectivity index (χ1n) is 7.43. The van der Waals surface area contributed by atoms with Gasteiger partial charge in [0.1, 0.15) is 5.52 Å². The van der Waals surface area contributed by atoms with Crippen LogP contribution in [0.25, 0.3) is 10.9 Å². The Bertz CT molecular complexity index is 769. The third kappa shape index (κ3) is 2.87. The van der Waals surface area contributed by atoms with E-state index in [4.69, 9.17) is 4.74 Å². The SMILES string of the molecule is CC1(C(=O)Nc2ccc([N+](=O)[O-])c3ncccc23)CCCOC1. The Labute approximate surface area is 132 Å². The summed E-state index contributed by atoms with van der Waals surface area (Å²) < 4.78 is 5.42. The second-order valence-electron chi connectivity index (χ2n) is 5.96. The average molecular weight is 315 g/mol. The van der Waals surface area contributed by atoms with Crippen molar-refractivity contribution in [3.8, 4) is 0 Å². The van der Waals surface area contributed by atoms with E-state index in [1.807, 2.05) is 6.92 Å². The fourth-order valence-electron chi connectivity index (χ4n) is 2.80. The van der Waals surface area contributed by atoms with Crippen molar-refractivity contribution in [1.29, 1.82) is 0 Å². The number of hydrogen-bond donors (Lipinski definition) is 1. The van der Waals surface area contributed by atoms with Gasteiger partial charge < -0.3 is 10.1 Å². The van der Waals surface area contributed by atoms with Crippen LogP contribution in [0.1, 0.15) is 19.8 Å². The van der Waals surface area contributed by atoms with E-state index in [1.54, 1.807) is 18.2 Å². The van der Waals surface area contributed by atoms with Gasteiger partial charge in [-0.05, 0) is 38.0 Å². The van der Waals surface area contributed by atoms with Crippen molar-refractivity contribution in [1.82, 2.24) is 4.98 Å². The molecule has 1 unspecified atom stereocenters. The number of hydrogen-bond acceptors (Lipinski definition) is 5. The molecule has 2 heterocycles. The molecule has 120 valence electrons. The summed E-state index contributed by atoms with van der Waals surface area (Å²) >= 11 is 0. The zero-order valence-electron chi connectivity index (χ0n) is 12.7. The molecule has 1 aliphatic heterocycles. The number of carbonyl (C=O) groups excluding carboxylic acids is 1. The van der Waals surface area contributed by atoms with Crippen LogP contribution < -0.4 is 5.32 Å². The number of carbonyl (C=O) groups is 1. The quantitative estimate of drug-likeness (QED) is 0.694. The number of benzene rings is 1. The molecule has 23 heavy (non-hydrogen) atoms. The highest BCUT2D eigenvalue weighted by atomic mass is 16.6. The minimum atomic E-state index is -0.589. The number of aromatic nitrogens is 1. The summed E-state index contributed by atoms with van der Waals surface area (Å²) in [5.41, 5.74) is 0.121. The number of nitrogens with zero attached hydrogens (tertiary/aromatic N) is 2. The van der Waals surface area contributed by atoms with Crippen LogP contribution in [0.15, 0.2) is 30.5 Å². The Morgan fingerprint density at radius 3 is 2.96 bits per heavy atom. The molecular weight excluding hydrogens is 298 g/mol. The van der Waals surface area contributed by atoms with E-state index < -0.39 is 10.3 Å². The molecule has 0 spiro atoms. The molecule has 1 aromatic heterocycles. The summed E-state index contributed by atoms with van der Waals surface area (Å²) in [4.78, 5) is 27.3. The molecule has 0 radical (unpaired) electrons. The number of pyridine rings is 1. The number of nitro groups is 1. The first-order chi connectivity index (χ1) is 11.0. The lowest BCUT2D eigenvalue weighted by atomic mass is 9.83. The van der Waals surface area contributed by atoms with Crippen LogP contribution >= 0.6 is 0 Å². The second-order valence-corrected chi connectivity index (χ2v) is 5.96. The van der Waals surface area contributed by atoms with Crippen LogP contribution in [0.5, 0.6) is 0 Å². The number of amides is 1. The average Bonchev–Trinajstić information content (AvgIpc) is 2.55. The van der Waals surface area contributed by atoms with Gasteiger partial charge in [-0.25, -0.2) is 4.98 Å². The van der Waals surface area contributed by atoms with Crippen molar-refractivity contribution in [2.24, 2.45) is 5.41 Å². The molecule has 0 bridgehead atoms. The number of nitro benzene ring substituents is 1. The molecule has 1 saturated heterocycles. The molecule has 1 aromatic carbocycles. The van der Waals surface area contributed by atoms with Crippen molar-refractivity contribution in [2.45, 2.75) is 19.8 Å².